The highest BCUT2D eigenvalue weighted by Crippen LogP contribution is 2.25. The summed E-state index contributed by atoms with van der Waals surface area (Å²) in [5.41, 5.74) is 0. The third-order valence-corrected chi connectivity index (χ3v) is 11.5. The lowest BCUT2D eigenvalue weighted by Gasteiger charge is -2.35. The first-order chi connectivity index (χ1) is 26.5. The molecule has 0 saturated heterocycles. The van der Waals surface area contributed by atoms with Crippen molar-refractivity contribution < 1.29 is 4.79 Å². The van der Waals surface area contributed by atoms with Crippen molar-refractivity contribution in [1.82, 2.24) is 9.80 Å². The number of allylic oxidation sites excluding steroid dienone is 6. The minimum atomic E-state index is 0.205. The quantitative estimate of drug-likeness (QED) is 0.0458. The zero-order valence-electron chi connectivity index (χ0n) is 37.9. The molecule has 0 radical (unpaired) electrons. The summed E-state index contributed by atoms with van der Waals surface area (Å²) >= 11 is 0. The molecule has 1 amide bonds. The monoisotopic (exact) mass is 755 g/mol. The van der Waals surface area contributed by atoms with Gasteiger partial charge < -0.3 is 9.80 Å². The van der Waals surface area contributed by atoms with Crippen molar-refractivity contribution in [2.75, 3.05) is 27.2 Å². The molecule has 0 bridgehead atoms. The zero-order valence-corrected chi connectivity index (χ0v) is 37.9. The number of amides is 1. The number of carbonyl (C=O) groups excluding carboxylic acids is 1. The van der Waals surface area contributed by atoms with E-state index in [4.69, 9.17) is 0 Å². The predicted octanol–water partition coefficient (Wildman–Crippen LogP) is 16.4. The Hall–Kier alpha value is -1.35. The van der Waals surface area contributed by atoms with Crippen LogP contribution in [0.25, 0.3) is 0 Å². The van der Waals surface area contributed by atoms with Crippen molar-refractivity contribution in [3.63, 3.8) is 0 Å². The Labute approximate surface area is 341 Å². The van der Waals surface area contributed by atoms with Crippen LogP contribution in [0.5, 0.6) is 0 Å². The SMILES string of the molecule is CCCCC/C=C\C/C=C\CCCCCCCCC(CCCCCCCCCCC/C=C\CCCCC)N(CCCN(C)C)C(=O)C(CC)CCCCC. The number of unbranched alkanes of at least 4 members (excludes halogenated alkanes) is 23. The number of hydrogen-bond acceptors (Lipinski definition) is 2. The lowest BCUT2D eigenvalue weighted by molar-refractivity contribution is -0.139. The van der Waals surface area contributed by atoms with Gasteiger partial charge in [-0.3, -0.25) is 4.79 Å². The van der Waals surface area contributed by atoms with E-state index < -0.39 is 0 Å². The number of rotatable bonds is 42. The molecule has 2 atom stereocenters. The Balaban J connectivity index is 4.81. The molecule has 3 heteroatoms. The maximum atomic E-state index is 14.2. The summed E-state index contributed by atoms with van der Waals surface area (Å²) in [5.74, 6) is 0.681. The molecule has 0 N–H and O–H groups in total. The van der Waals surface area contributed by atoms with Crippen LogP contribution in [0.1, 0.15) is 246 Å². The third kappa shape index (κ3) is 35.1. The Morgan fingerprint density at radius 1 is 0.426 bits per heavy atom. The first-order valence-electron chi connectivity index (χ1n) is 24.4. The number of hydrogen-bond donors (Lipinski definition) is 0. The van der Waals surface area contributed by atoms with Gasteiger partial charge in [-0.1, -0.05) is 193 Å². The molecule has 3 nitrogen and oxygen atoms in total. The average Bonchev–Trinajstić information content (AvgIpc) is 3.17. The van der Waals surface area contributed by atoms with Gasteiger partial charge in [-0.2, -0.15) is 0 Å². The molecule has 0 aromatic carbocycles. The van der Waals surface area contributed by atoms with E-state index in [1.165, 1.54) is 193 Å². The molecule has 0 aliphatic carbocycles. The lowest BCUT2D eigenvalue weighted by Crippen LogP contribution is -2.45. The minimum Gasteiger partial charge on any atom is -0.339 e. The molecule has 0 fully saturated rings. The fourth-order valence-electron chi connectivity index (χ4n) is 7.86. The van der Waals surface area contributed by atoms with Gasteiger partial charge >= 0.3 is 0 Å². The van der Waals surface area contributed by atoms with Crippen LogP contribution in [-0.4, -0.2) is 48.9 Å². The molecule has 0 aliphatic rings. The van der Waals surface area contributed by atoms with Gasteiger partial charge in [0.25, 0.3) is 0 Å². The van der Waals surface area contributed by atoms with Gasteiger partial charge in [-0.05, 0) is 111 Å². The maximum Gasteiger partial charge on any atom is 0.225 e. The van der Waals surface area contributed by atoms with Crippen molar-refractivity contribution in [3.05, 3.63) is 36.5 Å². The molecule has 318 valence electrons. The highest BCUT2D eigenvalue weighted by atomic mass is 16.2. The Kier molecular flexibility index (Phi) is 41.7. The third-order valence-electron chi connectivity index (χ3n) is 11.5. The van der Waals surface area contributed by atoms with Gasteiger partial charge in [-0.25, -0.2) is 0 Å². The van der Waals surface area contributed by atoms with Crippen LogP contribution >= 0.6 is 0 Å². The number of carbonyl (C=O) groups is 1. The summed E-state index contributed by atoms with van der Waals surface area (Å²) in [7, 11) is 4.34. The molecule has 0 aromatic heterocycles. The van der Waals surface area contributed by atoms with Gasteiger partial charge in [0.1, 0.15) is 0 Å². The molecule has 0 spiro atoms. The maximum absolute atomic E-state index is 14.2. The van der Waals surface area contributed by atoms with Crippen LogP contribution in [0.4, 0.5) is 0 Å². The summed E-state index contributed by atoms with van der Waals surface area (Å²) in [4.78, 5) is 18.9. The van der Waals surface area contributed by atoms with Crippen molar-refractivity contribution >= 4 is 5.91 Å². The summed E-state index contributed by atoms with van der Waals surface area (Å²) in [6.07, 6.45) is 57.9. The van der Waals surface area contributed by atoms with Gasteiger partial charge in [0.15, 0.2) is 0 Å². The second-order valence-corrected chi connectivity index (χ2v) is 17.0. The van der Waals surface area contributed by atoms with E-state index in [0.717, 1.165) is 38.8 Å². The second kappa shape index (κ2) is 42.8. The first-order valence-corrected chi connectivity index (χ1v) is 24.4. The molecule has 54 heavy (non-hydrogen) atoms. The van der Waals surface area contributed by atoms with Crippen LogP contribution in [0.3, 0.4) is 0 Å². The van der Waals surface area contributed by atoms with Gasteiger partial charge in [0, 0.05) is 18.5 Å². The topological polar surface area (TPSA) is 23.6 Å². The van der Waals surface area contributed by atoms with E-state index in [9.17, 15) is 4.79 Å². The van der Waals surface area contributed by atoms with Crippen molar-refractivity contribution in [2.24, 2.45) is 5.92 Å². The molecular formula is C51H98N2O. The molecule has 0 aliphatic heterocycles. The standard InChI is InChI=1S/C51H98N2O/c1-7-11-14-16-18-20-22-24-26-28-30-32-34-36-38-41-45-50(53(48-43-47-52(5)6)51(54)49(10-4)44-40-13-9-3)46-42-39-37-35-33-31-29-27-25-23-21-19-17-15-12-8-2/h18-21,24,26,49-50H,7-17,22-23,25,27-48H2,1-6H3/b20-18-,21-19-,26-24-. The summed E-state index contributed by atoms with van der Waals surface area (Å²) < 4.78 is 0. The van der Waals surface area contributed by atoms with E-state index in [2.05, 4.69) is 88.0 Å². The molecule has 2 unspecified atom stereocenters. The van der Waals surface area contributed by atoms with Crippen LogP contribution in [0, 0.1) is 5.92 Å². The largest absolute Gasteiger partial charge is 0.339 e. The van der Waals surface area contributed by atoms with Crippen LogP contribution in [-0.2, 0) is 4.79 Å². The minimum absolute atomic E-state index is 0.205. The first kappa shape index (κ1) is 52.6. The van der Waals surface area contributed by atoms with Crippen molar-refractivity contribution in [2.45, 2.75) is 252 Å². The predicted molar refractivity (Wildman–Crippen MR) is 245 cm³/mol. The van der Waals surface area contributed by atoms with E-state index >= 15 is 0 Å². The number of nitrogens with zero attached hydrogens (tertiary/aromatic N) is 2. The average molecular weight is 755 g/mol. The highest BCUT2D eigenvalue weighted by Gasteiger charge is 2.28. The van der Waals surface area contributed by atoms with Crippen LogP contribution in [0.2, 0.25) is 0 Å². The second-order valence-electron chi connectivity index (χ2n) is 17.0. The smallest absolute Gasteiger partial charge is 0.225 e. The van der Waals surface area contributed by atoms with Crippen molar-refractivity contribution in [1.29, 1.82) is 0 Å². The van der Waals surface area contributed by atoms with Gasteiger partial charge in [0.05, 0.1) is 0 Å². The van der Waals surface area contributed by atoms with E-state index in [0.29, 0.717) is 11.9 Å². The Bertz CT molecular complexity index is 844. The summed E-state index contributed by atoms with van der Waals surface area (Å²) in [5, 5.41) is 0. The highest BCUT2D eigenvalue weighted by molar-refractivity contribution is 5.79. The summed E-state index contributed by atoms with van der Waals surface area (Å²) in [6.45, 7) is 11.1. The fraction of sp³-hybridized carbons (Fsp3) is 0.863. The fourth-order valence-corrected chi connectivity index (χ4v) is 7.86. The van der Waals surface area contributed by atoms with Crippen LogP contribution < -0.4 is 0 Å². The lowest BCUT2D eigenvalue weighted by atomic mass is 9.93. The van der Waals surface area contributed by atoms with E-state index in [1.807, 2.05) is 0 Å². The molecule has 0 heterocycles. The normalized spacial score (nSPS) is 13.3. The van der Waals surface area contributed by atoms with Crippen molar-refractivity contribution in [3.8, 4) is 0 Å². The molecule has 0 rings (SSSR count). The summed E-state index contributed by atoms with van der Waals surface area (Å²) in [6, 6.07) is 0.423. The van der Waals surface area contributed by atoms with Gasteiger partial charge in [-0.15, -0.1) is 0 Å². The zero-order chi connectivity index (χ0) is 39.6. The van der Waals surface area contributed by atoms with E-state index in [1.54, 1.807) is 0 Å². The Morgan fingerprint density at radius 3 is 1.22 bits per heavy atom. The van der Waals surface area contributed by atoms with Crippen LogP contribution in [0.15, 0.2) is 36.5 Å². The molecule has 0 aromatic rings. The van der Waals surface area contributed by atoms with E-state index in [-0.39, 0.29) is 5.92 Å². The Morgan fingerprint density at radius 2 is 0.796 bits per heavy atom. The van der Waals surface area contributed by atoms with Gasteiger partial charge in [0.2, 0.25) is 5.91 Å². The molecular weight excluding hydrogens is 657 g/mol. The molecule has 0 saturated carbocycles.